The van der Waals surface area contributed by atoms with Crippen molar-refractivity contribution >= 4 is 89.5 Å². The molecule has 0 aromatic rings. The molecule has 0 amide bonds. The molecule has 1 fully saturated rings. The second kappa shape index (κ2) is 69.6. The number of rotatable bonds is 43. The number of aliphatic hydroxyl groups excluding tert-OH is 3. The number of carbonyl (C=O) groups is 15. The van der Waals surface area contributed by atoms with E-state index in [1.165, 1.54) is 34.6 Å². The molecule has 0 radical (unpaired) electrons. The van der Waals surface area contributed by atoms with Gasteiger partial charge in [-0.2, -0.15) is 0 Å². The molecule has 0 atom stereocenters. The summed E-state index contributed by atoms with van der Waals surface area (Å²) in [7, 11) is 0. The van der Waals surface area contributed by atoms with Crippen LogP contribution in [-0.2, 0) is 133 Å². The number of aliphatic hydroxyl groups is 3. The van der Waals surface area contributed by atoms with Gasteiger partial charge in [0.1, 0.15) is 71.5 Å². The largest absolute Gasteiger partial charge is 0.478 e. The maximum Gasteiger partial charge on any atom is 0.330 e. The van der Waals surface area contributed by atoms with Gasteiger partial charge in [-0.05, 0) is 41.0 Å². The molecule has 0 aromatic carbocycles. The van der Waals surface area contributed by atoms with Gasteiger partial charge in [0.15, 0.2) is 0 Å². The second-order valence-corrected chi connectivity index (χ2v) is 22.1. The van der Waals surface area contributed by atoms with Gasteiger partial charge in [0.2, 0.25) is 0 Å². The van der Waals surface area contributed by atoms with Gasteiger partial charge >= 0.3 is 89.5 Å². The van der Waals surface area contributed by atoms with E-state index < -0.39 is 164 Å². The van der Waals surface area contributed by atoms with Crippen LogP contribution in [0, 0.1) is 21.7 Å². The first-order valence-corrected chi connectivity index (χ1v) is 31.6. The van der Waals surface area contributed by atoms with Gasteiger partial charge < -0.3 is 102 Å². The minimum absolute atomic E-state index is 0.156. The van der Waals surface area contributed by atoms with E-state index in [1.54, 1.807) is 0 Å². The molecule has 0 unspecified atom stereocenters. The van der Waals surface area contributed by atoms with Crippen LogP contribution in [0.1, 0.15) is 48.0 Å². The van der Waals surface area contributed by atoms with Crippen molar-refractivity contribution in [3.05, 3.63) is 187 Å². The molecular weight excluding hydrogens is 1480 g/mol. The summed E-state index contributed by atoms with van der Waals surface area (Å²) in [6.45, 7) is 55.1. The van der Waals surface area contributed by atoms with Crippen molar-refractivity contribution < 1.29 is 174 Å². The molecule has 622 valence electrons. The summed E-state index contributed by atoms with van der Waals surface area (Å²) in [5.41, 5.74) is -4.11. The van der Waals surface area contributed by atoms with Crippen molar-refractivity contribution in [3.8, 4) is 0 Å². The minimum Gasteiger partial charge on any atom is -0.478 e. The highest BCUT2D eigenvalue weighted by Gasteiger charge is 2.41. The van der Waals surface area contributed by atoms with Gasteiger partial charge in [0.05, 0.1) is 70.3 Å². The van der Waals surface area contributed by atoms with Crippen molar-refractivity contribution in [1.82, 2.24) is 0 Å². The summed E-state index contributed by atoms with van der Waals surface area (Å²) in [6.07, 6.45) is 9.61. The van der Waals surface area contributed by atoms with Gasteiger partial charge in [0, 0.05) is 94.0 Å². The van der Waals surface area contributed by atoms with E-state index in [0.717, 1.165) is 87.2 Å². The Morgan fingerprint density at radius 2 is 0.387 bits per heavy atom. The molecule has 0 aliphatic carbocycles. The van der Waals surface area contributed by atoms with Crippen LogP contribution in [0.15, 0.2) is 187 Å². The van der Waals surface area contributed by atoms with Gasteiger partial charge in [-0.3, -0.25) is 0 Å². The second-order valence-electron chi connectivity index (χ2n) is 22.1. The highest BCUT2D eigenvalue weighted by atomic mass is 16.6. The Morgan fingerprint density at radius 3 is 0.459 bits per heavy atom. The number of carboxylic acid groups (broad SMARTS) is 5. The van der Waals surface area contributed by atoms with E-state index >= 15 is 0 Å². The lowest BCUT2D eigenvalue weighted by atomic mass is 9.88. The molecule has 111 heavy (non-hydrogen) atoms. The molecule has 0 spiro atoms. The maximum absolute atomic E-state index is 11.8. The molecule has 1 aliphatic heterocycles. The predicted molar refractivity (Wildman–Crippen MR) is 398 cm³/mol. The average Bonchev–Trinajstić information content (AvgIpc) is 0.845. The number of hydrogen-bond donors (Lipinski definition) is 8. The minimum atomic E-state index is -1.49. The van der Waals surface area contributed by atoms with Crippen molar-refractivity contribution in [2.75, 3.05) is 126 Å². The van der Waals surface area contributed by atoms with Gasteiger partial charge in [-0.15, -0.1) is 0 Å². The van der Waals surface area contributed by atoms with Crippen LogP contribution >= 0.6 is 0 Å². The Bertz CT molecular complexity index is 2640. The lowest BCUT2D eigenvalue weighted by Gasteiger charge is -2.35. The first-order chi connectivity index (χ1) is 51.7. The molecule has 0 bridgehead atoms. The summed E-state index contributed by atoms with van der Waals surface area (Å²) < 4.78 is 66.4. The van der Waals surface area contributed by atoms with Crippen molar-refractivity contribution in [2.24, 2.45) is 21.7 Å². The van der Waals surface area contributed by atoms with Crippen molar-refractivity contribution in [3.63, 3.8) is 0 Å². The molecule has 0 saturated carbocycles. The molecule has 36 nitrogen and oxygen atoms in total. The van der Waals surface area contributed by atoms with E-state index in [0.29, 0.717) is 6.42 Å². The van der Waals surface area contributed by atoms with Crippen LogP contribution in [-0.4, -0.2) is 256 Å². The quantitative estimate of drug-likeness (QED) is 0.0229. The van der Waals surface area contributed by atoms with Crippen LogP contribution in [0.4, 0.5) is 0 Å². The summed E-state index contributed by atoms with van der Waals surface area (Å²) in [6, 6.07) is 0. The number of esters is 10. The summed E-state index contributed by atoms with van der Waals surface area (Å²) in [5.74, 6) is -12.7. The van der Waals surface area contributed by atoms with E-state index in [-0.39, 0.29) is 74.1 Å². The van der Waals surface area contributed by atoms with Crippen LogP contribution in [0.2, 0.25) is 0 Å². The van der Waals surface area contributed by atoms with Crippen LogP contribution in [0.5, 0.6) is 0 Å². The number of hydrogen-bond acceptors (Lipinski definition) is 31. The molecule has 1 aliphatic rings. The zero-order chi connectivity index (χ0) is 88.0. The number of carbonyl (C=O) groups excluding carboxylic acids is 10. The van der Waals surface area contributed by atoms with Crippen molar-refractivity contribution in [2.45, 2.75) is 48.0 Å². The molecule has 1 rings (SSSR count). The fraction of sp³-hybridized carbons (Fsp3) is 0.400. The lowest BCUT2D eigenvalue weighted by Crippen LogP contribution is -2.47. The molecule has 1 heterocycles. The smallest absolute Gasteiger partial charge is 0.330 e. The van der Waals surface area contributed by atoms with Gasteiger partial charge in [0.25, 0.3) is 0 Å². The van der Waals surface area contributed by atoms with E-state index in [2.05, 4.69) is 98.7 Å². The third-order valence-electron chi connectivity index (χ3n) is 12.0. The molecule has 8 N–H and O–H groups in total. The fourth-order valence-corrected chi connectivity index (χ4v) is 4.99. The molecule has 36 heteroatoms. The van der Waals surface area contributed by atoms with Crippen LogP contribution < -0.4 is 0 Å². The number of ether oxygens (including phenoxy) is 13. The zero-order valence-electron chi connectivity index (χ0n) is 63.5. The highest BCUT2D eigenvalue weighted by molar-refractivity contribution is 5.88. The van der Waals surface area contributed by atoms with Gasteiger partial charge in [-0.25, -0.2) is 71.9 Å². The predicted octanol–water partition coefficient (Wildman–Crippen LogP) is 4.87. The third-order valence-corrected chi connectivity index (χ3v) is 12.0. The third kappa shape index (κ3) is 69.4. The Balaban J connectivity index is -0.000000210. The number of carboxylic acids is 5. The number of aliphatic carboxylic acids is 5. The standard InChI is InChI=1S/C28H34O13.C17H20O8.C6H14O3.C4H8O2.5C4H6O2/c1-7-21(29)36-15-27(16-37-22(30)8-2,17-38-23(31)9-3)13-35-14-28(18-39-24(32)10-4,19-40-25(33)11-5)20-41-26(34)12-6;1-5-13(18)22-9-17(10-23-14(19)6-2,11-24-15(20)7-3)12-25-16(21)8-4;1-2-6(3-7,4-8)5-9;1-2-6-4-3-5-1;5*1-3(2)4(5)6/h7-12H,1-6,13-20H2;5-8H,1-4,9-12H2;7-9H,2-5H2,1H3;1-4H2;5*1H2,2H3,(H,5,6). The molecular formula is C75H106O36. The zero-order valence-corrected chi connectivity index (χ0v) is 63.5. The Morgan fingerprint density at radius 1 is 0.270 bits per heavy atom. The first kappa shape index (κ1) is 115. The topological polar surface area (TPSA) is 538 Å². The fourth-order valence-electron chi connectivity index (χ4n) is 4.99. The SMILES string of the molecule is C1COCCO1.C=C(C)C(=O)O.C=C(C)C(=O)O.C=C(C)C(=O)O.C=C(C)C(=O)O.C=C(C)C(=O)O.C=CC(=O)OCC(COC(=O)C=C)(COC(=O)C=C)COC(=O)C=C.C=CC(=O)OCC(COCC(COC(=O)C=C)(COC(=O)C=C)COC(=O)C=C)(COC(=O)C=C)COC(=O)C=C.CCC(CO)(CO)CO. The van der Waals surface area contributed by atoms with Crippen LogP contribution in [0.3, 0.4) is 0 Å². The van der Waals surface area contributed by atoms with E-state index in [4.69, 9.17) is 102 Å². The lowest BCUT2D eigenvalue weighted by molar-refractivity contribution is -0.171. The average molecular weight is 1580 g/mol. The molecule has 1 saturated heterocycles. The monoisotopic (exact) mass is 1580 g/mol. The Kier molecular flexibility index (Phi) is 72.0. The molecule has 0 aromatic heterocycles. The Hall–Kier alpha value is -12.1. The summed E-state index contributed by atoms with van der Waals surface area (Å²) in [4.78, 5) is 164. The maximum atomic E-state index is 11.8. The summed E-state index contributed by atoms with van der Waals surface area (Å²) in [5, 5.41) is 65.4. The first-order valence-electron chi connectivity index (χ1n) is 31.6. The van der Waals surface area contributed by atoms with Crippen LogP contribution in [0.25, 0.3) is 0 Å². The van der Waals surface area contributed by atoms with Gasteiger partial charge in [-0.1, -0.05) is 106 Å². The Labute approximate surface area is 644 Å². The highest BCUT2D eigenvalue weighted by Crippen LogP contribution is 2.27. The van der Waals surface area contributed by atoms with E-state index in [9.17, 15) is 71.9 Å². The summed E-state index contributed by atoms with van der Waals surface area (Å²) >= 11 is 0. The van der Waals surface area contributed by atoms with Crippen molar-refractivity contribution in [1.29, 1.82) is 0 Å². The normalized spacial score (nSPS) is 10.4. The van der Waals surface area contributed by atoms with E-state index in [1.807, 2.05) is 6.92 Å².